The first kappa shape index (κ1) is 8.39. The molecule has 0 aliphatic carbocycles. The van der Waals surface area contributed by atoms with Crippen LogP contribution in [0.25, 0.3) is 11.3 Å². The highest BCUT2D eigenvalue weighted by molar-refractivity contribution is 5.59. The van der Waals surface area contributed by atoms with Gasteiger partial charge in [-0.1, -0.05) is 6.07 Å². The molecule has 0 atom stereocenters. The lowest BCUT2D eigenvalue weighted by molar-refractivity contribution is 1.26. The molecule has 2 heterocycles. The van der Waals surface area contributed by atoms with E-state index in [0.29, 0.717) is 5.56 Å². The van der Waals surface area contributed by atoms with Crippen LogP contribution in [0.1, 0.15) is 5.56 Å². The number of rotatable bonds is 1. The van der Waals surface area contributed by atoms with Crippen LogP contribution in [0, 0.1) is 17.4 Å². The van der Waals surface area contributed by atoms with E-state index in [-0.39, 0.29) is 0 Å². The molecule has 0 aromatic carbocycles. The van der Waals surface area contributed by atoms with Crippen LogP contribution >= 0.6 is 0 Å². The van der Waals surface area contributed by atoms with Gasteiger partial charge in [-0.3, -0.25) is 9.97 Å². The predicted molar refractivity (Wildman–Crippen MR) is 51.0 cm³/mol. The highest BCUT2D eigenvalue weighted by Gasteiger charge is 1.99. The van der Waals surface area contributed by atoms with Crippen LogP contribution in [-0.4, -0.2) is 9.97 Å². The fourth-order valence-electron chi connectivity index (χ4n) is 1.13. The summed E-state index contributed by atoms with van der Waals surface area (Å²) in [5.41, 5.74) is 2.18. The Bertz CT molecular complexity index is 471. The summed E-state index contributed by atoms with van der Waals surface area (Å²) in [5, 5.41) is 8.69. The average molecular weight is 180 g/mol. The fraction of sp³-hybridized carbons (Fsp3) is 0. The maximum Gasteiger partial charge on any atom is 0.101 e. The van der Waals surface area contributed by atoms with Gasteiger partial charge in [-0.2, -0.15) is 5.26 Å². The third kappa shape index (κ3) is 1.59. The first-order valence-corrected chi connectivity index (χ1v) is 4.08. The summed E-state index contributed by atoms with van der Waals surface area (Å²) >= 11 is 0. The second-order valence-corrected chi connectivity index (χ2v) is 2.72. The average Bonchev–Trinajstić information content (AvgIpc) is 2.30. The Morgan fingerprint density at radius 2 is 2.29 bits per heavy atom. The van der Waals surface area contributed by atoms with Crippen molar-refractivity contribution in [3.05, 3.63) is 48.4 Å². The first-order valence-electron chi connectivity index (χ1n) is 4.08. The predicted octanol–water partition coefficient (Wildman–Crippen LogP) is 1.82. The quantitative estimate of drug-likeness (QED) is 0.672. The van der Waals surface area contributed by atoms with Crippen molar-refractivity contribution in [2.24, 2.45) is 0 Å². The molecule has 0 bridgehead atoms. The zero-order valence-electron chi connectivity index (χ0n) is 7.31. The number of aromatic nitrogens is 2. The Morgan fingerprint density at radius 3 is 3.00 bits per heavy atom. The van der Waals surface area contributed by atoms with E-state index < -0.39 is 0 Å². The highest BCUT2D eigenvalue weighted by atomic mass is 14.7. The van der Waals surface area contributed by atoms with E-state index in [4.69, 9.17) is 5.26 Å². The van der Waals surface area contributed by atoms with Crippen LogP contribution in [0.15, 0.2) is 36.8 Å². The SMILES string of the molecule is N#Cc1cncc(-c2cc[c]cn2)c1. The zero-order chi connectivity index (χ0) is 9.80. The summed E-state index contributed by atoms with van der Waals surface area (Å²) in [6.07, 6.45) is 4.80. The van der Waals surface area contributed by atoms with Gasteiger partial charge in [0.2, 0.25) is 0 Å². The summed E-state index contributed by atoms with van der Waals surface area (Å²) in [6, 6.07) is 10.2. The van der Waals surface area contributed by atoms with Gasteiger partial charge in [-0.05, 0) is 12.1 Å². The minimum Gasteiger partial charge on any atom is -0.263 e. The number of hydrogen-bond donors (Lipinski definition) is 0. The molecule has 2 aromatic heterocycles. The second-order valence-electron chi connectivity index (χ2n) is 2.72. The van der Waals surface area contributed by atoms with Crippen molar-refractivity contribution in [2.45, 2.75) is 0 Å². The van der Waals surface area contributed by atoms with Crippen molar-refractivity contribution < 1.29 is 0 Å². The molecule has 14 heavy (non-hydrogen) atoms. The summed E-state index contributed by atoms with van der Waals surface area (Å²) in [6.45, 7) is 0. The van der Waals surface area contributed by atoms with Crippen molar-refractivity contribution in [3.63, 3.8) is 0 Å². The molecule has 0 N–H and O–H groups in total. The summed E-state index contributed by atoms with van der Waals surface area (Å²) in [4.78, 5) is 8.08. The Hall–Kier alpha value is -2.21. The Kier molecular flexibility index (Phi) is 2.20. The standard InChI is InChI=1S/C11H6N3/c12-6-9-5-10(8-13-7-9)11-3-1-2-4-14-11/h1,3-5,7-8H. The van der Waals surface area contributed by atoms with Crippen molar-refractivity contribution >= 4 is 0 Å². The number of pyridine rings is 2. The van der Waals surface area contributed by atoms with Crippen LogP contribution in [0.3, 0.4) is 0 Å². The van der Waals surface area contributed by atoms with Gasteiger partial charge >= 0.3 is 0 Å². The van der Waals surface area contributed by atoms with Crippen LogP contribution in [0.5, 0.6) is 0 Å². The summed E-state index contributed by atoms with van der Waals surface area (Å²) in [5.74, 6) is 0. The van der Waals surface area contributed by atoms with E-state index in [9.17, 15) is 0 Å². The summed E-state index contributed by atoms with van der Waals surface area (Å²) in [7, 11) is 0. The van der Waals surface area contributed by atoms with E-state index in [1.807, 2.05) is 12.1 Å². The molecule has 0 amide bonds. The molecule has 65 valence electrons. The Morgan fingerprint density at radius 1 is 1.36 bits per heavy atom. The Labute approximate surface area is 81.7 Å². The van der Waals surface area contributed by atoms with Crippen molar-refractivity contribution in [3.8, 4) is 17.3 Å². The Balaban J connectivity index is 2.49. The second kappa shape index (κ2) is 3.67. The van der Waals surface area contributed by atoms with Crippen molar-refractivity contribution in [2.75, 3.05) is 0 Å². The molecule has 0 spiro atoms. The van der Waals surface area contributed by atoms with Crippen LogP contribution in [0.2, 0.25) is 0 Å². The van der Waals surface area contributed by atoms with Crippen LogP contribution in [-0.2, 0) is 0 Å². The molecule has 1 radical (unpaired) electrons. The van der Waals surface area contributed by atoms with Gasteiger partial charge in [0.1, 0.15) is 6.07 Å². The maximum absolute atomic E-state index is 8.69. The fourth-order valence-corrected chi connectivity index (χ4v) is 1.13. The van der Waals surface area contributed by atoms with E-state index in [0.717, 1.165) is 11.3 Å². The van der Waals surface area contributed by atoms with E-state index in [2.05, 4.69) is 16.0 Å². The van der Waals surface area contributed by atoms with E-state index in [1.54, 1.807) is 24.5 Å². The lowest BCUT2D eigenvalue weighted by Crippen LogP contribution is -1.85. The smallest absolute Gasteiger partial charge is 0.101 e. The lowest BCUT2D eigenvalue weighted by atomic mass is 10.1. The molecular formula is C11H6N3. The van der Waals surface area contributed by atoms with Gasteiger partial charge in [0.25, 0.3) is 0 Å². The largest absolute Gasteiger partial charge is 0.263 e. The van der Waals surface area contributed by atoms with Gasteiger partial charge < -0.3 is 0 Å². The topological polar surface area (TPSA) is 49.6 Å². The lowest BCUT2D eigenvalue weighted by Gasteiger charge is -1.98. The number of hydrogen-bond acceptors (Lipinski definition) is 3. The zero-order valence-corrected chi connectivity index (χ0v) is 7.31. The minimum atomic E-state index is 0.539. The first-order chi connectivity index (χ1) is 6.90. The molecule has 0 unspecified atom stereocenters. The van der Waals surface area contributed by atoms with Gasteiger partial charge in [-0.15, -0.1) is 0 Å². The molecule has 0 aliphatic rings. The molecular weight excluding hydrogens is 174 g/mol. The number of nitrogens with zero attached hydrogens (tertiary/aromatic N) is 3. The molecule has 3 nitrogen and oxygen atoms in total. The van der Waals surface area contributed by atoms with Crippen molar-refractivity contribution in [1.82, 2.24) is 9.97 Å². The van der Waals surface area contributed by atoms with Crippen molar-refractivity contribution in [1.29, 1.82) is 5.26 Å². The van der Waals surface area contributed by atoms with E-state index >= 15 is 0 Å². The normalized spacial score (nSPS) is 9.36. The molecule has 0 saturated heterocycles. The summed E-state index contributed by atoms with van der Waals surface area (Å²) < 4.78 is 0. The molecule has 0 fully saturated rings. The molecule has 2 rings (SSSR count). The van der Waals surface area contributed by atoms with Gasteiger partial charge in [-0.25, -0.2) is 0 Å². The van der Waals surface area contributed by atoms with Gasteiger partial charge in [0.15, 0.2) is 0 Å². The molecule has 3 heteroatoms. The third-order valence-corrected chi connectivity index (χ3v) is 1.78. The van der Waals surface area contributed by atoms with Crippen LogP contribution in [0.4, 0.5) is 0 Å². The maximum atomic E-state index is 8.69. The molecule has 0 aliphatic heterocycles. The highest BCUT2D eigenvalue weighted by Crippen LogP contribution is 2.15. The van der Waals surface area contributed by atoms with Gasteiger partial charge in [0.05, 0.1) is 11.3 Å². The molecule has 0 saturated carbocycles. The van der Waals surface area contributed by atoms with Gasteiger partial charge in [0, 0.05) is 30.2 Å². The number of nitriles is 1. The van der Waals surface area contributed by atoms with E-state index in [1.165, 1.54) is 6.20 Å². The monoisotopic (exact) mass is 180 g/mol. The van der Waals surface area contributed by atoms with Crippen LogP contribution < -0.4 is 0 Å². The molecule has 2 aromatic rings. The third-order valence-electron chi connectivity index (χ3n) is 1.78. The minimum absolute atomic E-state index is 0.539.